The Hall–Kier alpha value is -1.30. The van der Waals surface area contributed by atoms with Crippen LogP contribution in [0, 0.1) is 12.8 Å². The molecule has 0 amide bonds. The van der Waals surface area contributed by atoms with Crippen LogP contribution in [0.5, 0.6) is 0 Å². The first-order chi connectivity index (χ1) is 11.1. The first-order valence-electron chi connectivity index (χ1n) is 9.61. The molecular weight excluding hydrogens is 288 g/mol. The SMILES string of the molecule is C=C(C)[C@@H]1CCC(C)=C[C@H]1c1c(C)cc(CCC)cc1C(C)(C)C. The second-order valence-electron chi connectivity index (χ2n) is 8.90. The van der Waals surface area contributed by atoms with Gasteiger partial charge in [-0.05, 0) is 73.6 Å². The molecule has 1 aliphatic carbocycles. The van der Waals surface area contributed by atoms with E-state index in [0.717, 1.165) is 0 Å². The molecule has 2 atom stereocenters. The summed E-state index contributed by atoms with van der Waals surface area (Å²) in [6.45, 7) is 20.5. The summed E-state index contributed by atoms with van der Waals surface area (Å²) < 4.78 is 0. The smallest absolute Gasteiger partial charge is 0.00915 e. The van der Waals surface area contributed by atoms with Crippen molar-refractivity contribution in [2.24, 2.45) is 5.92 Å². The average molecular weight is 325 g/mol. The largest absolute Gasteiger partial charge is 0.0998 e. The molecule has 0 unspecified atom stereocenters. The van der Waals surface area contributed by atoms with E-state index in [2.05, 4.69) is 73.3 Å². The molecule has 0 fully saturated rings. The van der Waals surface area contributed by atoms with E-state index in [1.165, 1.54) is 53.5 Å². The fraction of sp³-hybridized carbons (Fsp3) is 0.583. The third kappa shape index (κ3) is 4.02. The molecular formula is C24H36. The maximum absolute atomic E-state index is 4.32. The van der Waals surface area contributed by atoms with Crippen molar-refractivity contribution in [3.05, 3.63) is 58.2 Å². The van der Waals surface area contributed by atoms with Gasteiger partial charge in [-0.15, -0.1) is 0 Å². The zero-order valence-corrected chi connectivity index (χ0v) is 16.9. The van der Waals surface area contributed by atoms with Gasteiger partial charge in [0.15, 0.2) is 0 Å². The van der Waals surface area contributed by atoms with E-state index < -0.39 is 0 Å². The van der Waals surface area contributed by atoms with Gasteiger partial charge in [0.05, 0.1) is 0 Å². The maximum Gasteiger partial charge on any atom is 0.00915 e. The summed E-state index contributed by atoms with van der Waals surface area (Å²) in [6.07, 6.45) is 7.36. The van der Waals surface area contributed by atoms with Gasteiger partial charge < -0.3 is 0 Å². The van der Waals surface area contributed by atoms with Crippen molar-refractivity contribution in [2.45, 2.75) is 85.5 Å². The van der Waals surface area contributed by atoms with E-state index in [1.807, 2.05) is 0 Å². The Bertz CT molecular complexity index is 637. The van der Waals surface area contributed by atoms with Crippen molar-refractivity contribution in [3.63, 3.8) is 0 Å². The predicted octanol–water partition coefficient (Wildman–Crippen LogP) is 7.26. The molecule has 0 saturated heterocycles. The van der Waals surface area contributed by atoms with E-state index in [1.54, 1.807) is 5.56 Å². The van der Waals surface area contributed by atoms with E-state index in [0.29, 0.717) is 11.8 Å². The quantitative estimate of drug-likeness (QED) is 0.511. The van der Waals surface area contributed by atoms with Gasteiger partial charge >= 0.3 is 0 Å². The Morgan fingerprint density at radius 3 is 2.42 bits per heavy atom. The lowest BCUT2D eigenvalue weighted by Crippen LogP contribution is -2.23. The minimum absolute atomic E-state index is 0.169. The number of benzene rings is 1. The van der Waals surface area contributed by atoms with Crippen LogP contribution in [0.3, 0.4) is 0 Å². The minimum atomic E-state index is 0.169. The van der Waals surface area contributed by atoms with Gasteiger partial charge in [0, 0.05) is 5.92 Å². The Balaban J connectivity index is 2.66. The van der Waals surface area contributed by atoms with Gasteiger partial charge in [0.1, 0.15) is 0 Å². The van der Waals surface area contributed by atoms with Crippen LogP contribution in [-0.2, 0) is 11.8 Å². The van der Waals surface area contributed by atoms with E-state index >= 15 is 0 Å². The standard InChI is InChI=1S/C24H36/c1-9-10-19-14-18(5)23(22(15-19)24(6,7)8)21-13-17(4)11-12-20(21)16(2)3/h13-15,20-21H,2,9-12H2,1,3-8H3/t20-,21+/m0/s1. The topological polar surface area (TPSA) is 0 Å². The molecule has 0 aliphatic heterocycles. The summed E-state index contributed by atoms with van der Waals surface area (Å²) in [5.41, 5.74) is 9.10. The molecule has 2 rings (SSSR count). The highest BCUT2D eigenvalue weighted by Crippen LogP contribution is 2.44. The van der Waals surface area contributed by atoms with Crippen LogP contribution in [0.15, 0.2) is 35.9 Å². The van der Waals surface area contributed by atoms with Gasteiger partial charge in [-0.25, -0.2) is 0 Å². The second-order valence-corrected chi connectivity index (χ2v) is 8.90. The lowest BCUT2D eigenvalue weighted by molar-refractivity contribution is 0.470. The van der Waals surface area contributed by atoms with Gasteiger partial charge in [0.2, 0.25) is 0 Å². The molecule has 0 heteroatoms. The molecule has 1 aromatic rings. The molecule has 0 heterocycles. The first kappa shape index (κ1) is 19.0. The third-order valence-corrected chi connectivity index (χ3v) is 5.51. The Morgan fingerprint density at radius 1 is 1.21 bits per heavy atom. The van der Waals surface area contributed by atoms with Crippen LogP contribution >= 0.6 is 0 Å². The van der Waals surface area contributed by atoms with Crippen molar-refractivity contribution in [1.82, 2.24) is 0 Å². The molecule has 0 bridgehead atoms. The molecule has 24 heavy (non-hydrogen) atoms. The minimum Gasteiger partial charge on any atom is -0.0998 e. The number of hydrogen-bond acceptors (Lipinski definition) is 0. The highest BCUT2D eigenvalue weighted by molar-refractivity contribution is 5.48. The molecule has 1 aliphatic rings. The highest BCUT2D eigenvalue weighted by atomic mass is 14.4. The van der Waals surface area contributed by atoms with Crippen LogP contribution in [0.1, 0.15) is 89.0 Å². The summed E-state index contributed by atoms with van der Waals surface area (Å²) in [5.74, 6) is 1.06. The van der Waals surface area contributed by atoms with Gasteiger partial charge in [-0.3, -0.25) is 0 Å². The predicted molar refractivity (Wildman–Crippen MR) is 108 cm³/mol. The van der Waals surface area contributed by atoms with Gasteiger partial charge in [-0.1, -0.05) is 70.0 Å². The van der Waals surface area contributed by atoms with Gasteiger partial charge in [-0.2, -0.15) is 0 Å². The van der Waals surface area contributed by atoms with E-state index in [-0.39, 0.29) is 5.41 Å². The second kappa shape index (κ2) is 7.30. The van der Waals surface area contributed by atoms with E-state index in [9.17, 15) is 0 Å². The fourth-order valence-corrected chi connectivity index (χ4v) is 4.28. The monoisotopic (exact) mass is 324 g/mol. The van der Waals surface area contributed by atoms with Crippen LogP contribution in [-0.4, -0.2) is 0 Å². The van der Waals surface area contributed by atoms with Crippen molar-refractivity contribution < 1.29 is 0 Å². The molecule has 0 radical (unpaired) electrons. The average Bonchev–Trinajstić information content (AvgIpc) is 2.45. The van der Waals surface area contributed by atoms with Crippen LogP contribution in [0.2, 0.25) is 0 Å². The Morgan fingerprint density at radius 2 is 1.88 bits per heavy atom. The summed E-state index contributed by atoms with van der Waals surface area (Å²) in [6, 6.07) is 4.92. The number of allylic oxidation sites excluding steroid dienone is 3. The van der Waals surface area contributed by atoms with Crippen LogP contribution in [0.4, 0.5) is 0 Å². The normalized spacial score (nSPS) is 21.5. The summed E-state index contributed by atoms with van der Waals surface area (Å²) in [5, 5.41) is 0. The molecule has 0 nitrogen and oxygen atoms in total. The zero-order valence-electron chi connectivity index (χ0n) is 16.9. The highest BCUT2D eigenvalue weighted by Gasteiger charge is 2.31. The molecule has 0 saturated carbocycles. The summed E-state index contributed by atoms with van der Waals surface area (Å²) in [7, 11) is 0. The first-order valence-corrected chi connectivity index (χ1v) is 9.61. The number of aryl methyl sites for hydroxylation is 2. The Kier molecular flexibility index (Phi) is 5.78. The molecule has 132 valence electrons. The Labute approximate surface area is 150 Å². The maximum atomic E-state index is 4.32. The summed E-state index contributed by atoms with van der Waals surface area (Å²) in [4.78, 5) is 0. The fourth-order valence-electron chi connectivity index (χ4n) is 4.28. The zero-order chi connectivity index (χ0) is 18.1. The summed E-state index contributed by atoms with van der Waals surface area (Å²) >= 11 is 0. The van der Waals surface area contributed by atoms with Crippen molar-refractivity contribution >= 4 is 0 Å². The third-order valence-electron chi connectivity index (χ3n) is 5.51. The van der Waals surface area contributed by atoms with Crippen molar-refractivity contribution in [2.75, 3.05) is 0 Å². The van der Waals surface area contributed by atoms with E-state index in [4.69, 9.17) is 0 Å². The van der Waals surface area contributed by atoms with Crippen LogP contribution < -0.4 is 0 Å². The molecule has 0 spiro atoms. The molecule has 1 aromatic carbocycles. The van der Waals surface area contributed by atoms with Crippen LogP contribution in [0.25, 0.3) is 0 Å². The number of rotatable bonds is 4. The van der Waals surface area contributed by atoms with Gasteiger partial charge in [0.25, 0.3) is 0 Å². The molecule has 0 N–H and O–H groups in total. The van der Waals surface area contributed by atoms with Crippen molar-refractivity contribution in [1.29, 1.82) is 0 Å². The molecule has 0 aromatic heterocycles. The number of hydrogen-bond donors (Lipinski definition) is 0. The lowest BCUT2D eigenvalue weighted by Gasteiger charge is -2.36. The lowest BCUT2D eigenvalue weighted by atomic mass is 9.68. The van der Waals surface area contributed by atoms with Crippen molar-refractivity contribution in [3.8, 4) is 0 Å².